The Morgan fingerprint density at radius 3 is 2.36 bits per heavy atom. The van der Waals surface area contributed by atoms with Crippen LogP contribution in [0.2, 0.25) is 0 Å². The second-order valence-corrected chi connectivity index (χ2v) is 7.16. The van der Waals surface area contributed by atoms with Crippen LogP contribution in [0.15, 0.2) is 67.1 Å². The quantitative estimate of drug-likeness (QED) is 0.660. The molecule has 3 aromatic rings. The molecule has 0 spiro atoms. The van der Waals surface area contributed by atoms with Crippen LogP contribution in [0.1, 0.15) is 41.4 Å². The molecule has 0 unspecified atom stereocenters. The Bertz CT molecular complexity index is 890. The molecule has 5 heteroatoms. The average molecular weight is 374 g/mol. The molecule has 0 saturated carbocycles. The van der Waals surface area contributed by atoms with Gasteiger partial charge in [-0.2, -0.15) is 0 Å². The van der Waals surface area contributed by atoms with Gasteiger partial charge in [-0.25, -0.2) is 4.98 Å². The van der Waals surface area contributed by atoms with E-state index in [1.807, 2.05) is 49.5 Å². The van der Waals surface area contributed by atoms with Crippen LogP contribution in [0, 0.1) is 0 Å². The SMILES string of the molecule is CC(C)c1ccc(NC(=O)c2ccc(N(C)CCc3ccncc3)cn2)cc1. The number of pyridine rings is 2. The van der Waals surface area contributed by atoms with Crippen molar-refractivity contribution in [2.24, 2.45) is 0 Å². The van der Waals surface area contributed by atoms with Crippen molar-refractivity contribution in [2.45, 2.75) is 26.2 Å². The van der Waals surface area contributed by atoms with Gasteiger partial charge in [0.15, 0.2) is 0 Å². The topological polar surface area (TPSA) is 58.1 Å². The van der Waals surface area contributed by atoms with Gasteiger partial charge in [0, 0.05) is 31.7 Å². The highest BCUT2D eigenvalue weighted by molar-refractivity contribution is 6.02. The number of benzene rings is 1. The minimum atomic E-state index is -0.205. The van der Waals surface area contributed by atoms with Gasteiger partial charge in [0.2, 0.25) is 0 Å². The molecule has 0 atom stereocenters. The van der Waals surface area contributed by atoms with Crippen molar-refractivity contribution in [3.05, 3.63) is 83.9 Å². The van der Waals surface area contributed by atoms with Crippen LogP contribution < -0.4 is 10.2 Å². The highest BCUT2D eigenvalue weighted by Gasteiger charge is 2.09. The van der Waals surface area contributed by atoms with Crippen molar-refractivity contribution in [2.75, 3.05) is 23.8 Å². The van der Waals surface area contributed by atoms with Crippen LogP contribution in [-0.2, 0) is 6.42 Å². The Morgan fingerprint density at radius 2 is 1.75 bits per heavy atom. The number of carbonyl (C=O) groups excluding carboxylic acids is 1. The molecule has 28 heavy (non-hydrogen) atoms. The number of nitrogens with one attached hydrogen (secondary N) is 1. The molecule has 1 aromatic carbocycles. The van der Waals surface area contributed by atoms with Crippen LogP contribution in [0.5, 0.6) is 0 Å². The summed E-state index contributed by atoms with van der Waals surface area (Å²) in [5, 5.41) is 2.90. The number of nitrogens with zero attached hydrogens (tertiary/aromatic N) is 3. The summed E-state index contributed by atoms with van der Waals surface area (Å²) in [7, 11) is 2.02. The van der Waals surface area contributed by atoms with E-state index < -0.39 is 0 Å². The van der Waals surface area contributed by atoms with Gasteiger partial charge in [-0.05, 0) is 59.9 Å². The molecule has 0 aliphatic rings. The van der Waals surface area contributed by atoms with E-state index in [1.165, 1.54) is 11.1 Å². The second kappa shape index (κ2) is 9.13. The number of carbonyl (C=O) groups is 1. The monoisotopic (exact) mass is 374 g/mol. The van der Waals surface area contributed by atoms with Crippen molar-refractivity contribution in [1.82, 2.24) is 9.97 Å². The number of rotatable bonds is 7. The van der Waals surface area contributed by atoms with Gasteiger partial charge in [0.25, 0.3) is 5.91 Å². The summed E-state index contributed by atoms with van der Waals surface area (Å²) in [6.45, 7) is 5.15. The third kappa shape index (κ3) is 5.16. The van der Waals surface area contributed by atoms with E-state index in [-0.39, 0.29) is 5.91 Å². The van der Waals surface area contributed by atoms with Crippen molar-refractivity contribution >= 4 is 17.3 Å². The highest BCUT2D eigenvalue weighted by atomic mass is 16.1. The van der Waals surface area contributed by atoms with E-state index in [1.54, 1.807) is 24.7 Å². The lowest BCUT2D eigenvalue weighted by molar-refractivity contribution is 0.102. The molecule has 2 heterocycles. The highest BCUT2D eigenvalue weighted by Crippen LogP contribution is 2.18. The summed E-state index contributed by atoms with van der Waals surface area (Å²) in [6.07, 6.45) is 6.28. The zero-order valence-electron chi connectivity index (χ0n) is 16.6. The van der Waals surface area contributed by atoms with Crippen molar-refractivity contribution in [1.29, 1.82) is 0 Å². The number of likely N-dealkylation sites (N-methyl/N-ethyl adjacent to an activating group) is 1. The maximum Gasteiger partial charge on any atom is 0.274 e. The fourth-order valence-corrected chi connectivity index (χ4v) is 2.87. The second-order valence-electron chi connectivity index (χ2n) is 7.16. The van der Waals surface area contributed by atoms with Gasteiger partial charge in [0.05, 0.1) is 11.9 Å². The standard InChI is InChI=1S/C23H26N4O/c1-17(2)19-4-6-20(7-5-19)26-23(28)22-9-8-21(16-25-22)27(3)15-12-18-10-13-24-14-11-18/h4-11,13-14,16-17H,12,15H2,1-3H3,(H,26,28). The third-order valence-corrected chi connectivity index (χ3v) is 4.74. The van der Waals surface area contributed by atoms with Crippen LogP contribution in [0.4, 0.5) is 11.4 Å². The maximum absolute atomic E-state index is 12.4. The van der Waals surface area contributed by atoms with Gasteiger partial charge < -0.3 is 10.2 Å². The van der Waals surface area contributed by atoms with Crippen LogP contribution >= 0.6 is 0 Å². The molecule has 0 aliphatic heterocycles. The van der Waals surface area contributed by atoms with E-state index in [2.05, 4.69) is 34.0 Å². The van der Waals surface area contributed by atoms with Gasteiger partial charge >= 0.3 is 0 Å². The smallest absolute Gasteiger partial charge is 0.274 e. The Hall–Kier alpha value is -3.21. The normalized spacial score (nSPS) is 10.7. The van der Waals surface area contributed by atoms with Crippen LogP contribution in [0.3, 0.4) is 0 Å². The Labute approximate surface area is 166 Å². The van der Waals surface area contributed by atoms with Crippen molar-refractivity contribution < 1.29 is 4.79 Å². The lowest BCUT2D eigenvalue weighted by atomic mass is 10.0. The first-order chi connectivity index (χ1) is 13.5. The molecule has 144 valence electrons. The van der Waals surface area contributed by atoms with E-state index in [4.69, 9.17) is 0 Å². The molecule has 0 fully saturated rings. The first kappa shape index (κ1) is 19.5. The lowest BCUT2D eigenvalue weighted by Crippen LogP contribution is -2.21. The molecule has 3 rings (SSSR count). The van der Waals surface area contributed by atoms with Gasteiger partial charge in [-0.15, -0.1) is 0 Å². The number of hydrogen-bond donors (Lipinski definition) is 1. The summed E-state index contributed by atoms with van der Waals surface area (Å²) in [5.74, 6) is 0.262. The van der Waals surface area contributed by atoms with E-state index in [0.29, 0.717) is 11.6 Å². The summed E-state index contributed by atoms with van der Waals surface area (Å²) >= 11 is 0. The minimum Gasteiger partial charge on any atom is -0.373 e. The number of amides is 1. The number of hydrogen-bond acceptors (Lipinski definition) is 4. The van der Waals surface area contributed by atoms with E-state index >= 15 is 0 Å². The van der Waals surface area contributed by atoms with Gasteiger partial charge in [0.1, 0.15) is 5.69 Å². The van der Waals surface area contributed by atoms with Crippen LogP contribution in [-0.4, -0.2) is 29.5 Å². The summed E-state index contributed by atoms with van der Waals surface area (Å²) < 4.78 is 0. The summed E-state index contributed by atoms with van der Waals surface area (Å²) in [6, 6.07) is 15.7. The van der Waals surface area contributed by atoms with Crippen molar-refractivity contribution in [3.8, 4) is 0 Å². The molecule has 0 radical (unpaired) electrons. The lowest BCUT2D eigenvalue weighted by Gasteiger charge is -2.19. The summed E-state index contributed by atoms with van der Waals surface area (Å²) in [5.41, 5.74) is 4.64. The van der Waals surface area contributed by atoms with E-state index in [9.17, 15) is 4.79 Å². The molecular weight excluding hydrogens is 348 g/mol. The molecule has 0 saturated heterocycles. The predicted octanol–water partition coefficient (Wildman–Crippen LogP) is 4.53. The summed E-state index contributed by atoms with van der Waals surface area (Å²) in [4.78, 5) is 22.9. The van der Waals surface area contributed by atoms with Crippen molar-refractivity contribution in [3.63, 3.8) is 0 Å². The van der Waals surface area contributed by atoms with Gasteiger partial charge in [-0.3, -0.25) is 9.78 Å². The molecule has 0 aliphatic carbocycles. The molecule has 5 nitrogen and oxygen atoms in total. The molecule has 0 bridgehead atoms. The first-order valence-corrected chi connectivity index (χ1v) is 9.50. The van der Waals surface area contributed by atoms with Crippen LogP contribution in [0.25, 0.3) is 0 Å². The molecular formula is C23H26N4O. The number of anilines is 2. The average Bonchev–Trinajstić information content (AvgIpc) is 2.73. The molecule has 2 aromatic heterocycles. The Kier molecular flexibility index (Phi) is 6.37. The third-order valence-electron chi connectivity index (χ3n) is 4.74. The number of aromatic nitrogens is 2. The zero-order chi connectivity index (χ0) is 19.9. The Balaban J connectivity index is 1.57. The minimum absolute atomic E-state index is 0.205. The molecule has 1 amide bonds. The fourth-order valence-electron chi connectivity index (χ4n) is 2.87. The predicted molar refractivity (Wildman–Crippen MR) is 114 cm³/mol. The Morgan fingerprint density at radius 1 is 1.04 bits per heavy atom. The molecule has 1 N–H and O–H groups in total. The zero-order valence-corrected chi connectivity index (χ0v) is 16.6. The first-order valence-electron chi connectivity index (χ1n) is 9.50. The van der Waals surface area contributed by atoms with E-state index in [0.717, 1.165) is 24.3 Å². The largest absolute Gasteiger partial charge is 0.373 e. The fraction of sp³-hybridized carbons (Fsp3) is 0.261. The van der Waals surface area contributed by atoms with Gasteiger partial charge in [-0.1, -0.05) is 26.0 Å². The maximum atomic E-state index is 12.4.